The van der Waals surface area contributed by atoms with Crippen LogP contribution in [0, 0.1) is 13.8 Å². The van der Waals surface area contributed by atoms with E-state index < -0.39 is 0 Å². The quantitative estimate of drug-likeness (QED) is 0.618. The third kappa shape index (κ3) is 2.05. The van der Waals surface area contributed by atoms with E-state index in [1.165, 1.54) is 0 Å². The van der Waals surface area contributed by atoms with Gasteiger partial charge in [-0.1, -0.05) is 13.8 Å². The first kappa shape index (κ1) is 9.71. The van der Waals surface area contributed by atoms with Gasteiger partial charge in [0, 0.05) is 18.6 Å². The first-order valence-corrected chi connectivity index (χ1v) is 4.54. The normalized spacial score (nSPS) is 9.54. The molecule has 0 amide bonds. The SMILES string of the molecule is CC.Cc1cnc2nc(C)cn2c1. The Morgan fingerprint density at radius 3 is 2.54 bits per heavy atom. The Morgan fingerprint density at radius 2 is 1.85 bits per heavy atom. The molecule has 0 aromatic carbocycles. The monoisotopic (exact) mass is 177 g/mol. The molecule has 2 rings (SSSR count). The molecule has 13 heavy (non-hydrogen) atoms. The number of fused-ring (bicyclic) bond motifs is 1. The fourth-order valence-electron chi connectivity index (χ4n) is 1.11. The van der Waals surface area contributed by atoms with Crippen molar-refractivity contribution in [2.45, 2.75) is 27.7 Å². The van der Waals surface area contributed by atoms with E-state index in [-0.39, 0.29) is 0 Å². The number of hydrogen-bond acceptors (Lipinski definition) is 2. The molecule has 3 heteroatoms. The molecule has 0 aliphatic rings. The van der Waals surface area contributed by atoms with Crippen LogP contribution in [0.5, 0.6) is 0 Å². The van der Waals surface area contributed by atoms with Gasteiger partial charge in [0.05, 0.1) is 5.69 Å². The molecule has 0 saturated carbocycles. The standard InChI is InChI=1S/C8H9N3.C2H6/c1-6-3-9-8-10-7(2)5-11(8)4-6;1-2/h3-5H,1-2H3;1-2H3. The van der Waals surface area contributed by atoms with Crippen LogP contribution in [-0.2, 0) is 0 Å². The fraction of sp³-hybridized carbons (Fsp3) is 0.400. The molecule has 0 unspecified atom stereocenters. The molecule has 0 bridgehead atoms. The summed E-state index contributed by atoms with van der Waals surface area (Å²) in [7, 11) is 0. The molecule has 2 aromatic heterocycles. The van der Waals surface area contributed by atoms with Crippen molar-refractivity contribution in [1.29, 1.82) is 0 Å². The molecular formula is C10H15N3. The van der Waals surface area contributed by atoms with Crippen LogP contribution in [-0.4, -0.2) is 14.4 Å². The van der Waals surface area contributed by atoms with Gasteiger partial charge in [0.15, 0.2) is 0 Å². The number of aromatic nitrogens is 3. The van der Waals surface area contributed by atoms with E-state index in [2.05, 4.69) is 9.97 Å². The molecule has 0 N–H and O–H groups in total. The van der Waals surface area contributed by atoms with Gasteiger partial charge in [-0.25, -0.2) is 9.97 Å². The zero-order chi connectivity index (χ0) is 9.84. The summed E-state index contributed by atoms with van der Waals surface area (Å²) < 4.78 is 1.94. The predicted molar refractivity (Wildman–Crippen MR) is 53.8 cm³/mol. The van der Waals surface area contributed by atoms with Gasteiger partial charge in [0.25, 0.3) is 0 Å². The minimum Gasteiger partial charge on any atom is -0.291 e. The number of imidazole rings is 1. The average molecular weight is 177 g/mol. The first-order chi connectivity index (χ1) is 6.25. The second-order valence-electron chi connectivity index (χ2n) is 2.72. The third-order valence-corrected chi connectivity index (χ3v) is 1.56. The van der Waals surface area contributed by atoms with Crippen molar-refractivity contribution >= 4 is 5.78 Å². The van der Waals surface area contributed by atoms with Gasteiger partial charge in [-0.05, 0) is 19.4 Å². The van der Waals surface area contributed by atoms with E-state index in [1.54, 1.807) is 0 Å². The van der Waals surface area contributed by atoms with Gasteiger partial charge in [0.2, 0.25) is 5.78 Å². The number of nitrogens with zero attached hydrogens (tertiary/aromatic N) is 3. The van der Waals surface area contributed by atoms with Crippen LogP contribution < -0.4 is 0 Å². The maximum Gasteiger partial charge on any atom is 0.233 e. The predicted octanol–water partition coefficient (Wildman–Crippen LogP) is 2.37. The summed E-state index contributed by atoms with van der Waals surface area (Å²) in [5, 5.41) is 0. The van der Waals surface area contributed by atoms with Gasteiger partial charge < -0.3 is 0 Å². The number of hydrogen-bond donors (Lipinski definition) is 0. The highest BCUT2D eigenvalue weighted by atomic mass is 15.1. The third-order valence-electron chi connectivity index (χ3n) is 1.56. The molecule has 0 atom stereocenters. The van der Waals surface area contributed by atoms with E-state index in [0.717, 1.165) is 17.0 Å². The molecule has 0 aliphatic heterocycles. The molecule has 0 saturated heterocycles. The lowest BCUT2D eigenvalue weighted by molar-refractivity contribution is 1.08. The molecule has 70 valence electrons. The van der Waals surface area contributed by atoms with Gasteiger partial charge >= 0.3 is 0 Å². The molecule has 0 aliphatic carbocycles. The lowest BCUT2D eigenvalue weighted by Crippen LogP contribution is -1.87. The van der Waals surface area contributed by atoms with E-state index >= 15 is 0 Å². The Labute approximate surface area is 78.5 Å². The fourth-order valence-corrected chi connectivity index (χ4v) is 1.11. The van der Waals surface area contributed by atoms with E-state index in [0.29, 0.717) is 0 Å². The van der Waals surface area contributed by atoms with Crippen LogP contribution in [0.1, 0.15) is 25.1 Å². The van der Waals surface area contributed by atoms with Gasteiger partial charge in [-0.2, -0.15) is 0 Å². The van der Waals surface area contributed by atoms with Crippen LogP contribution in [0.15, 0.2) is 18.6 Å². The topological polar surface area (TPSA) is 30.2 Å². The highest BCUT2D eigenvalue weighted by Crippen LogP contribution is 2.02. The summed E-state index contributed by atoms with van der Waals surface area (Å²) in [5.41, 5.74) is 2.15. The molecule has 2 aromatic rings. The highest BCUT2D eigenvalue weighted by molar-refractivity contribution is 5.30. The molecule has 0 spiro atoms. The highest BCUT2D eigenvalue weighted by Gasteiger charge is 1.96. The minimum absolute atomic E-state index is 0.771. The number of aryl methyl sites for hydroxylation is 2. The van der Waals surface area contributed by atoms with Crippen LogP contribution >= 0.6 is 0 Å². The van der Waals surface area contributed by atoms with Crippen molar-refractivity contribution in [1.82, 2.24) is 14.4 Å². The van der Waals surface area contributed by atoms with Crippen molar-refractivity contribution < 1.29 is 0 Å². The minimum atomic E-state index is 0.771. The zero-order valence-electron chi connectivity index (χ0n) is 8.57. The zero-order valence-corrected chi connectivity index (χ0v) is 8.57. The molecule has 0 radical (unpaired) electrons. The molecule has 2 heterocycles. The lowest BCUT2D eigenvalue weighted by Gasteiger charge is -1.91. The first-order valence-electron chi connectivity index (χ1n) is 4.54. The summed E-state index contributed by atoms with van der Waals surface area (Å²) in [6, 6.07) is 0. The Kier molecular flexibility index (Phi) is 3.01. The number of rotatable bonds is 0. The van der Waals surface area contributed by atoms with Gasteiger partial charge in [-0.3, -0.25) is 4.40 Å². The van der Waals surface area contributed by atoms with E-state index in [4.69, 9.17) is 0 Å². The maximum absolute atomic E-state index is 4.21. The molecule has 3 nitrogen and oxygen atoms in total. The van der Waals surface area contributed by atoms with Crippen LogP contribution in [0.2, 0.25) is 0 Å². The van der Waals surface area contributed by atoms with E-state index in [9.17, 15) is 0 Å². The largest absolute Gasteiger partial charge is 0.291 e. The smallest absolute Gasteiger partial charge is 0.233 e. The van der Waals surface area contributed by atoms with Crippen molar-refractivity contribution in [2.24, 2.45) is 0 Å². The molecular weight excluding hydrogens is 162 g/mol. The summed E-state index contributed by atoms with van der Waals surface area (Å²) >= 11 is 0. The average Bonchev–Trinajstić information content (AvgIpc) is 2.48. The second kappa shape index (κ2) is 4.03. The van der Waals surface area contributed by atoms with Crippen molar-refractivity contribution in [3.63, 3.8) is 0 Å². The van der Waals surface area contributed by atoms with Crippen LogP contribution in [0.3, 0.4) is 0 Å². The van der Waals surface area contributed by atoms with Crippen LogP contribution in [0.4, 0.5) is 0 Å². The van der Waals surface area contributed by atoms with Gasteiger partial charge in [0.1, 0.15) is 0 Å². The Morgan fingerprint density at radius 1 is 1.15 bits per heavy atom. The Balaban J connectivity index is 0.000000396. The Hall–Kier alpha value is -1.38. The van der Waals surface area contributed by atoms with E-state index in [1.807, 2.05) is 50.7 Å². The van der Waals surface area contributed by atoms with Crippen molar-refractivity contribution in [3.05, 3.63) is 29.8 Å². The van der Waals surface area contributed by atoms with Crippen LogP contribution in [0.25, 0.3) is 5.78 Å². The lowest BCUT2D eigenvalue weighted by atomic mass is 10.4. The summed E-state index contributed by atoms with van der Waals surface area (Å²) in [4.78, 5) is 8.36. The summed E-state index contributed by atoms with van der Waals surface area (Å²) in [6.07, 6.45) is 5.80. The van der Waals surface area contributed by atoms with Crippen molar-refractivity contribution in [3.8, 4) is 0 Å². The molecule has 0 fully saturated rings. The van der Waals surface area contributed by atoms with Gasteiger partial charge in [-0.15, -0.1) is 0 Å². The summed E-state index contributed by atoms with van der Waals surface area (Å²) in [6.45, 7) is 7.98. The second-order valence-corrected chi connectivity index (χ2v) is 2.72. The maximum atomic E-state index is 4.21. The Bertz CT molecular complexity index is 390. The summed E-state index contributed by atoms with van der Waals surface area (Å²) in [5.74, 6) is 0.771. The van der Waals surface area contributed by atoms with Crippen molar-refractivity contribution in [2.75, 3.05) is 0 Å².